The molecule has 2 heterocycles. The van der Waals surface area contributed by atoms with Crippen LogP contribution < -0.4 is 0 Å². The molecule has 194 valence electrons. The molecular formula is C25H27FN6O4S. The lowest BCUT2D eigenvalue weighted by Gasteiger charge is -2.18. The minimum atomic E-state index is -1.00. The number of carbonyl (C=O) groups is 1. The Bertz CT molecular complexity index is 1340. The zero-order valence-corrected chi connectivity index (χ0v) is 21.3. The molecule has 4 rings (SSSR count). The molecule has 1 N–H and O–H groups in total. The first-order valence-electron chi connectivity index (χ1n) is 12.0. The van der Waals surface area contributed by atoms with Gasteiger partial charge in [0.15, 0.2) is 11.0 Å². The van der Waals surface area contributed by atoms with Gasteiger partial charge in [0.2, 0.25) is 0 Å². The number of aliphatic carboxylic acids is 1. The molecule has 0 amide bonds. The van der Waals surface area contributed by atoms with E-state index >= 15 is 0 Å². The van der Waals surface area contributed by atoms with E-state index in [1.165, 1.54) is 30.0 Å². The summed E-state index contributed by atoms with van der Waals surface area (Å²) in [6, 6.07) is 9.64. The molecule has 1 aliphatic rings. The zero-order chi connectivity index (χ0) is 26.5. The van der Waals surface area contributed by atoms with Crippen LogP contribution in [0.15, 0.2) is 52.6 Å². The minimum Gasteiger partial charge on any atom is -0.481 e. The molecule has 0 spiro atoms. The number of aliphatic imine (C=N–C) groups is 1. The van der Waals surface area contributed by atoms with Gasteiger partial charge in [-0.3, -0.25) is 24.5 Å². The van der Waals surface area contributed by atoms with Crippen LogP contribution in [0.2, 0.25) is 0 Å². The average Bonchev–Trinajstić information content (AvgIpc) is 3.24. The van der Waals surface area contributed by atoms with Crippen LogP contribution in [0, 0.1) is 15.9 Å². The maximum Gasteiger partial charge on any atom is 0.303 e. The maximum absolute atomic E-state index is 15.0. The molecule has 0 saturated heterocycles. The first-order chi connectivity index (χ1) is 17.8. The number of thioether (sulfide) groups is 1. The summed E-state index contributed by atoms with van der Waals surface area (Å²) in [4.78, 5) is 29.6. The first kappa shape index (κ1) is 26.4. The number of fused-ring (bicyclic) bond motifs is 3. The van der Waals surface area contributed by atoms with Crippen LogP contribution in [0.4, 0.5) is 10.1 Å². The number of nitrogens with zero attached hydrogens (tertiary/aromatic N) is 6. The lowest BCUT2D eigenvalue weighted by Crippen LogP contribution is -2.25. The molecule has 10 nitrogen and oxygen atoms in total. The molecule has 3 aromatic rings. The van der Waals surface area contributed by atoms with E-state index in [0.717, 1.165) is 25.4 Å². The van der Waals surface area contributed by atoms with Crippen molar-refractivity contribution in [3.63, 3.8) is 0 Å². The maximum atomic E-state index is 15.0. The van der Waals surface area contributed by atoms with Crippen molar-refractivity contribution < 1.29 is 19.2 Å². The van der Waals surface area contributed by atoms with Crippen molar-refractivity contribution >= 4 is 29.1 Å². The average molecular weight is 527 g/mol. The standard InChI is InChI=1S/C25H27FN6O4S/c1-3-30(4-2)13-14-37-25-29-28-24-20(10-12-22(33)34)27-23(17-7-5-6-8-19(17)26)18-15-16(32(35)36)9-11-21(18)31(24)25/h5-9,11,15,20H,3-4,10,12-14H2,1-2H3,(H,33,34)/t20-/m0/s1. The van der Waals surface area contributed by atoms with E-state index in [1.54, 1.807) is 28.8 Å². The van der Waals surface area contributed by atoms with Gasteiger partial charge >= 0.3 is 5.97 Å². The van der Waals surface area contributed by atoms with E-state index in [1.807, 2.05) is 0 Å². The number of benzene rings is 2. The largest absolute Gasteiger partial charge is 0.481 e. The first-order valence-corrected chi connectivity index (χ1v) is 13.0. The number of non-ortho nitro benzene ring substituents is 1. The van der Waals surface area contributed by atoms with Crippen LogP contribution in [0.5, 0.6) is 0 Å². The molecule has 0 aliphatic carbocycles. The number of hydrogen-bond donors (Lipinski definition) is 1. The Labute approximate surface area is 217 Å². The molecule has 1 aliphatic heterocycles. The second-order valence-electron chi connectivity index (χ2n) is 8.42. The van der Waals surface area contributed by atoms with Gasteiger partial charge in [-0.25, -0.2) is 4.39 Å². The highest BCUT2D eigenvalue weighted by Gasteiger charge is 2.31. The fourth-order valence-electron chi connectivity index (χ4n) is 4.25. The highest BCUT2D eigenvalue weighted by molar-refractivity contribution is 7.99. The Hall–Kier alpha value is -3.64. The van der Waals surface area contributed by atoms with Gasteiger partial charge in [0.25, 0.3) is 5.69 Å². The molecule has 0 fully saturated rings. The van der Waals surface area contributed by atoms with E-state index in [2.05, 4.69) is 28.9 Å². The van der Waals surface area contributed by atoms with Crippen molar-refractivity contribution in [2.75, 3.05) is 25.4 Å². The van der Waals surface area contributed by atoms with Crippen LogP contribution in [-0.2, 0) is 4.79 Å². The number of halogens is 1. The van der Waals surface area contributed by atoms with Crippen molar-refractivity contribution in [2.45, 2.75) is 37.9 Å². The fraction of sp³-hybridized carbons (Fsp3) is 0.360. The Balaban J connectivity index is 1.89. The highest BCUT2D eigenvalue weighted by Crippen LogP contribution is 2.37. The summed E-state index contributed by atoms with van der Waals surface area (Å²) in [6.07, 6.45) is -0.0852. The molecule has 0 bridgehead atoms. The van der Waals surface area contributed by atoms with Crippen LogP contribution in [0.1, 0.15) is 49.7 Å². The summed E-state index contributed by atoms with van der Waals surface area (Å²) in [6.45, 7) is 6.84. The van der Waals surface area contributed by atoms with E-state index < -0.39 is 22.8 Å². The van der Waals surface area contributed by atoms with Gasteiger partial charge in [-0.1, -0.05) is 37.7 Å². The second kappa shape index (κ2) is 11.6. The van der Waals surface area contributed by atoms with E-state index in [-0.39, 0.29) is 29.8 Å². The summed E-state index contributed by atoms with van der Waals surface area (Å²) in [5, 5.41) is 30.3. The number of carboxylic acids is 1. The molecule has 2 aromatic carbocycles. The number of nitro groups is 1. The second-order valence-corrected chi connectivity index (χ2v) is 9.48. The third-order valence-electron chi connectivity index (χ3n) is 6.22. The summed E-state index contributed by atoms with van der Waals surface area (Å²) < 4.78 is 16.8. The lowest BCUT2D eigenvalue weighted by molar-refractivity contribution is -0.384. The van der Waals surface area contributed by atoms with Gasteiger partial charge in [0, 0.05) is 42.0 Å². The Kier molecular flexibility index (Phi) is 8.29. The lowest BCUT2D eigenvalue weighted by atomic mass is 9.99. The number of carboxylic acid groups (broad SMARTS) is 1. The number of nitro benzene ring substituents is 1. The molecule has 0 radical (unpaired) electrons. The predicted molar refractivity (Wildman–Crippen MR) is 138 cm³/mol. The molecule has 1 aromatic heterocycles. The Morgan fingerprint density at radius 2 is 1.95 bits per heavy atom. The third-order valence-corrected chi connectivity index (χ3v) is 7.13. The summed E-state index contributed by atoms with van der Waals surface area (Å²) in [7, 11) is 0. The Morgan fingerprint density at radius 3 is 2.62 bits per heavy atom. The van der Waals surface area contributed by atoms with Crippen molar-refractivity contribution in [1.29, 1.82) is 0 Å². The molecule has 12 heteroatoms. The third kappa shape index (κ3) is 5.70. The number of aromatic nitrogens is 3. The van der Waals surface area contributed by atoms with Crippen molar-refractivity contribution in [3.8, 4) is 5.69 Å². The molecule has 0 saturated carbocycles. The number of hydrogen-bond acceptors (Lipinski definition) is 8. The SMILES string of the molecule is CCN(CC)CCSc1nnc2n1-c1ccc([N+](=O)[O-])cc1C(c1ccccc1F)=N[C@H]2CCC(=O)O. The smallest absolute Gasteiger partial charge is 0.303 e. The normalized spacial score (nSPS) is 14.6. The molecule has 1 atom stereocenters. The Morgan fingerprint density at radius 1 is 1.19 bits per heavy atom. The van der Waals surface area contributed by atoms with Gasteiger partial charge in [-0.2, -0.15) is 0 Å². The van der Waals surface area contributed by atoms with Crippen LogP contribution in [0.3, 0.4) is 0 Å². The van der Waals surface area contributed by atoms with Crippen molar-refractivity contribution in [1.82, 2.24) is 19.7 Å². The van der Waals surface area contributed by atoms with Crippen molar-refractivity contribution in [2.24, 2.45) is 4.99 Å². The van der Waals surface area contributed by atoms with Gasteiger partial charge < -0.3 is 10.0 Å². The van der Waals surface area contributed by atoms with E-state index in [0.29, 0.717) is 22.2 Å². The predicted octanol–water partition coefficient (Wildman–Crippen LogP) is 4.51. The molecule has 0 unspecified atom stereocenters. The van der Waals surface area contributed by atoms with E-state index in [4.69, 9.17) is 4.99 Å². The van der Waals surface area contributed by atoms with Crippen LogP contribution in [-0.4, -0.2) is 66.8 Å². The quantitative estimate of drug-likeness (QED) is 0.220. The summed E-state index contributed by atoms with van der Waals surface area (Å²) in [5.41, 5.74) is 1.08. The monoisotopic (exact) mass is 526 g/mol. The van der Waals surface area contributed by atoms with Crippen molar-refractivity contribution in [3.05, 3.63) is 75.3 Å². The molecular weight excluding hydrogens is 499 g/mol. The zero-order valence-electron chi connectivity index (χ0n) is 20.5. The van der Waals surface area contributed by atoms with Crippen LogP contribution >= 0.6 is 11.8 Å². The summed E-state index contributed by atoms with van der Waals surface area (Å²) in [5.74, 6) is -0.404. The fourth-order valence-corrected chi connectivity index (χ4v) is 5.20. The minimum absolute atomic E-state index is 0.103. The number of rotatable bonds is 11. The van der Waals surface area contributed by atoms with Crippen LogP contribution in [0.25, 0.3) is 5.69 Å². The van der Waals surface area contributed by atoms with E-state index in [9.17, 15) is 24.4 Å². The summed E-state index contributed by atoms with van der Waals surface area (Å²) >= 11 is 1.48. The van der Waals surface area contributed by atoms with Gasteiger partial charge in [-0.15, -0.1) is 10.2 Å². The topological polar surface area (TPSA) is 127 Å². The van der Waals surface area contributed by atoms with Gasteiger partial charge in [-0.05, 0) is 37.7 Å². The van der Waals surface area contributed by atoms with Gasteiger partial charge in [0.05, 0.1) is 16.3 Å². The van der Waals surface area contributed by atoms with Gasteiger partial charge in [0.1, 0.15) is 11.9 Å². The molecule has 37 heavy (non-hydrogen) atoms. The highest BCUT2D eigenvalue weighted by atomic mass is 32.2.